The van der Waals surface area contributed by atoms with Crippen molar-refractivity contribution < 1.29 is 14.4 Å². The van der Waals surface area contributed by atoms with Gasteiger partial charge >= 0.3 is 0 Å². The lowest BCUT2D eigenvalue weighted by molar-refractivity contribution is -0.146. The first kappa shape index (κ1) is 15.5. The van der Waals surface area contributed by atoms with Crippen LogP contribution in [0.4, 0.5) is 0 Å². The Kier molecular flexibility index (Phi) is 4.79. The zero-order valence-corrected chi connectivity index (χ0v) is 13.3. The van der Waals surface area contributed by atoms with Crippen molar-refractivity contribution in [3.05, 3.63) is 0 Å². The van der Waals surface area contributed by atoms with Gasteiger partial charge in [-0.15, -0.1) is 0 Å². The van der Waals surface area contributed by atoms with Crippen molar-refractivity contribution in [3.8, 4) is 0 Å². The molecule has 1 saturated carbocycles. The highest BCUT2D eigenvalue weighted by molar-refractivity contribution is 6.07. The Morgan fingerprint density at radius 1 is 0.818 bits per heavy atom. The highest BCUT2D eigenvalue weighted by Gasteiger charge is 2.48. The fourth-order valence-corrected chi connectivity index (χ4v) is 4.12. The molecule has 3 amide bonds. The second-order valence-corrected chi connectivity index (χ2v) is 6.91. The predicted octanol–water partition coefficient (Wildman–Crippen LogP) is 1.95. The lowest BCUT2D eigenvalue weighted by Crippen LogP contribution is -2.44. The van der Waals surface area contributed by atoms with E-state index in [9.17, 15) is 14.4 Å². The molecule has 1 aliphatic carbocycles. The Morgan fingerprint density at radius 3 is 1.86 bits per heavy atom. The third-order valence-electron chi connectivity index (χ3n) is 5.43. The first-order valence-corrected chi connectivity index (χ1v) is 8.81. The summed E-state index contributed by atoms with van der Waals surface area (Å²) in [7, 11) is 0. The van der Waals surface area contributed by atoms with Gasteiger partial charge in [0.15, 0.2) is 0 Å². The van der Waals surface area contributed by atoms with Gasteiger partial charge in [0.25, 0.3) is 0 Å². The van der Waals surface area contributed by atoms with Crippen molar-refractivity contribution in [2.24, 2.45) is 11.8 Å². The summed E-state index contributed by atoms with van der Waals surface area (Å²) in [6, 6.07) is 0. The van der Waals surface area contributed by atoms with Crippen LogP contribution < -0.4 is 0 Å². The van der Waals surface area contributed by atoms with Gasteiger partial charge in [0, 0.05) is 13.1 Å². The normalized spacial score (nSPS) is 30.0. The number of fused-ring (bicyclic) bond motifs is 1. The van der Waals surface area contributed by atoms with Crippen LogP contribution in [0, 0.1) is 11.8 Å². The van der Waals surface area contributed by atoms with E-state index in [1.165, 1.54) is 11.3 Å². The van der Waals surface area contributed by atoms with Gasteiger partial charge in [-0.05, 0) is 25.7 Å². The second-order valence-electron chi connectivity index (χ2n) is 6.91. The molecule has 0 N–H and O–H groups in total. The zero-order chi connectivity index (χ0) is 15.5. The van der Waals surface area contributed by atoms with Crippen molar-refractivity contribution in [2.75, 3.05) is 19.6 Å². The predicted molar refractivity (Wildman–Crippen MR) is 81.8 cm³/mol. The number of likely N-dealkylation sites (tertiary alicyclic amines) is 2. The van der Waals surface area contributed by atoms with E-state index in [1.807, 2.05) is 4.90 Å². The fourth-order valence-electron chi connectivity index (χ4n) is 4.12. The molecule has 0 spiro atoms. The number of rotatable bonds is 2. The monoisotopic (exact) mass is 306 g/mol. The molecule has 0 aromatic rings. The summed E-state index contributed by atoms with van der Waals surface area (Å²) in [4.78, 5) is 40.4. The van der Waals surface area contributed by atoms with Crippen LogP contribution in [0.3, 0.4) is 0 Å². The Balaban J connectivity index is 1.62. The van der Waals surface area contributed by atoms with Gasteiger partial charge in [-0.1, -0.05) is 32.1 Å². The average Bonchev–Trinajstić information content (AvgIpc) is 2.72. The van der Waals surface area contributed by atoms with E-state index in [1.54, 1.807) is 0 Å². The van der Waals surface area contributed by atoms with E-state index in [0.717, 1.165) is 64.5 Å². The Labute approximate surface area is 132 Å². The summed E-state index contributed by atoms with van der Waals surface area (Å²) >= 11 is 0. The summed E-state index contributed by atoms with van der Waals surface area (Å²) < 4.78 is 0. The number of hydrogen-bond donors (Lipinski definition) is 0. The van der Waals surface area contributed by atoms with Crippen LogP contribution in [-0.4, -0.2) is 47.2 Å². The Morgan fingerprint density at radius 2 is 1.32 bits per heavy atom. The summed E-state index contributed by atoms with van der Waals surface area (Å²) in [5.41, 5.74) is 0. The minimum Gasteiger partial charge on any atom is -0.341 e. The average molecular weight is 306 g/mol. The topological polar surface area (TPSA) is 57.7 Å². The molecular formula is C17H26N2O3. The van der Waals surface area contributed by atoms with Crippen LogP contribution in [0.15, 0.2) is 0 Å². The van der Waals surface area contributed by atoms with Crippen molar-refractivity contribution in [3.63, 3.8) is 0 Å². The van der Waals surface area contributed by atoms with Crippen molar-refractivity contribution in [1.82, 2.24) is 9.80 Å². The van der Waals surface area contributed by atoms with Gasteiger partial charge in [-0.3, -0.25) is 19.3 Å². The highest BCUT2D eigenvalue weighted by atomic mass is 16.2. The molecule has 0 bridgehead atoms. The van der Waals surface area contributed by atoms with Crippen LogP contribution in [0.2, 0.25) is 0 Å². The van der Waals surface area contributed by atoms with Crippen LogP contribution >= 0.6 is 0 Å². The van der Waals surface area contributed by atoms with E-state index < -0.39 is 0 Å². The number of carbonyl (C=O) groups excluding carboxylic acids is 3. The molecule has 5 heteroatoms. The standard InChI is InChI=1S/C17H26N2O3/c20-15(18-10-6-2-1-3-7-11-18)12-19-16(21)13-8-4-5-9-14(13)17(19)22/h13-14H,1-12H2. The fraction of sp³-hybridized carbons (Fsp3) is 0.824. The van der Waals surface area contributed by atoms with Crippen LogP contribution in [0.1, 0.15) is 57.8 Å². The third kappa shape index (κ3) is 3.03. The van der Waals surface area contributed by atoms with Crippen molar-refractivity contribution >= 4 is 17.7 Å². The molecule has 3 fully saturated rings. The summed E-state index contributed by atoms with van der Waals surface area (Å²) in [5, 5.41) is 0. The van der Waals surface area contributed by atoms with Crippen LogP contribution in [-0.2, 0) is 14.4 Å². The maximum atomic E-state index is 12.5. The first-order chi connectivity index (χ1) is 10.7. The second kappa shape index (κ2) is 6.80. The van der Waals surface area contributed by atoms with Crippen molar-refractivity contribution in [1.29, 1.82) is 0 Å². The summed E-state index contributed by atoms with van der Waals surface area (Å²) in [5.74, 6) is -0.560. The molecule has 2 unspecified atom stereocenters. The highest BCUT2D eigenvalue weighted by Crippen LogP contribution is 2.37. The van der Waals surface area contributed by atoms with Gasteiger partial charge in [0.1, 0.15) is 6.54 Å². The van der Waals surface area contributed by atoms with Gasteiger partial charge in [0.2, 0.25) is 17.7 Å². The van der Waals surface area contributed by atoms with E-state index in [2.05, 4.69) is 0 Å². The van der Waals surface area contributed by atoms with Gasteiger partial charge in [-0.25, -0.2) is 0 Å². The van der Waals surface area contributed by atoms with E-state index in [-0.39, 0.29) is 36.1 Å². The number of nitrogens with zero attached hydrogens (tertiary/aromatic N) is 2. The van der Waals surface area contributed by atoms with Gasteiger partial charge in [-0.2, -0.15) is 0 Å². The molecule has 0 aromatic carbocycles. The molecular weight excluding hydrogens is 280 g/mol. The minimum absolute atomic E-state index is 0.0370. The number of imide groups is 1. The molecule has 122 valence electrons. The van der Waals surface area contributed by atoms with Crippen LogP contribution in [0.25, 0.3) is 0 Å². The van der Waals surface area contributed by atoms with E-state index in [4.69, 9.17) is 0 Å². The molecule has 2 atom stereocenters. The molecule has 3 rings (SSSR count). The molecule has 2 heterocycles. The Bertz CT molecular complexity index is 431. The molecule has 0 radical (unpaired) electrons. The van der Waals surface area contributed by atoms with E-state index in [0.29, 0.717) is 0 Å². The minimum atomic E-state index is -0.151. The molecule has 5 nitrogen and oxygen atoms in total. The molecule has 22 heavy (non-hydrogen) atoms. The largest absolute Gasteiger partial charge is 0.341 e. The number of carbonyl (C=O) groups is 3. The molecule has 0 aromatic heterocycles. The maximum Gasteiger partial charge on any atom is 0.242 e. The first-order valence-electron chi connectivity index (χ1n) is 8.81. The van der Waals surface area contributed by atoms with Gasteiger partial charge in [0.05, 0.1) is 11.8 Å². The third-order valence-corrected chi connectivity index (χ3v) is 5.43. The molecule has 2 saturated heterocycles. The zero-order valence-electron chi connectivity index (χ0n) is 13.3. The lowest BCUT2D eigenvalue weighted by atomic mass is 9.81. The maximum absolute atomic E-state index is 12.5. The number of hydrogen-bond acceptors (Lipinski definition) is 3. The quantitative estimate of drug-likeness (QED) is 0.733. The smallest absolute Gasteiger partial charge is 0.242 e. The molecule has 3 aliphatic rings. The summed E-state index contributed by atoms with van der Waals surface area (Å²) in [6.45, 7) is 1.49. The lowest BCUT2D eigenvalue weighted by Gasteiger charge is -2.26. The summed E-state index contributed by atoms with van der Waals surface area (Å²) in [6.07, 6.45) is 9.28. The van der Waals surface area contributed by atoms with E-state index >= 15 is 0 Å². The Hall–Kier alpha value is -1.39. The van der Waals surface area contributed by atoms with Crippen molar-refractivity contribution in [2.45, 2.75) is 57.8 Å². The number of amides is 3. The van der Waals surface area contributed by atoms with Gasteiger partial charge < -0.3 is 4.90 Å². The molecule has 2 aliphatic heterocycles. The van der Waals surface area contributed by atoms with Crippen LogP contribution in [0.5, 0.6) is 0 Å². The SMILES string of the molecule is O=C(CN1C(=O)C2CCCCC2C1=O)N1CCCCCCC1.